The minimum absolute atomic E-state index is 0.857. The van der Waals surface area contributed by atoms with Crippen LogP contribution in [0.1, 0.15) is 29.2 Å². The summed E-state index contributed by atoms with van der Waals surface area (Å²) in [5.74, 6) is 0. The van der Waals surface area contributed by atoms with Gasteiger partial charge in [-0.25, -0.2) is 0 Å². The molecule has 0 bridgehead atoms. The Morgan fingerprint density at radius 1 is 0.556 bits per heavy atom. The monoisotopic (exact) mass is 715 g/mol. The molecule has 0 saturated carbocycles. The third kappa shape index (κ3) is 5.67. The summed E-state index contributed by atoms with van der Waals surface area (Å²) in [5, 5.41) is 1.72. The molecule has 5 heteroatoms. The van der Waals surface area contributed by atoms with Crippen molar-refractivity contribution < 1.29 is 4.57 Å². The molecule has 7 aromatic rings. The van der Waals surface area contributed by atoms with Gasteiger partial charge in [-0.15, -0.1) is 0 Å². The molecule has 0 radical (unpaired) electrons. The van der Waals surface area contributed by atoms with Gasteiger partial charge in [0.25, 0.3) is 0 Å². The zero-order valence-electron chi connectivity index (χ0n) is 30.4. The van der Waals surface area contributed by atoms with Crippen LogP contribution in [0.25, 0.3) is 56.2 Å². The summed E-state index contributed by atoms with van der Waals surface area (Å²) in [5.41, 5.74) is 16.0. The maximum absolute atomic E-state index is 16.1. The molecular weight excluding hydrogens is 678 g/mol. The van der Waals surface area contributed by atoms with Crippen molar-refractivity contribution in [2.45, 2.75) is 20.8 Å². The highest BCUT2D eigenvalue weighted by Gasteiger charge is 2.48. The molecule has 4 nitrogen and oxygen atoms in total. The van der Waals surface area contributed by atoms with Crippen LogP contribution < -0.4 is 15.3 Å². The third-order valence-electron chi connectivity index (χ3n) is 10.4. The van der Waals surface area contributed by atoms with Gasteiger partial charge < -0.3 is 0 Å². The Balaban J connectivity index is 1.16. The van der Waals surface area contributed by atoms with E-state index in [9.17, 15) is 0 Å². The molecule has 1 unspecified atom stereocenters. The molecule has 0 aliphatic carbocycles. The lowest BCUT2D eigenvalue weighted by atomic mass is 9.94. The number of aromatic nitrogens is 2. The number of hydrogen-bond donors (Lipinski definition) is 0. The third-order valence-corrected chi connectivity index (χ3v) is 13.5. The lowest BCUT2D eigenvalue weighted by Crippen LogP contribution is -2.40. The minimum atomic E-state index is -3.35. The number of allylic oxidation sites excluding steroid dienone is 4. The SMILES string of the molecule is C\C=C1/C(=C\C=C\c2ccc(-c3cncc(C)c3)cc2)N2c3ccc(-c4ccc(-c5cncc(C)c5)cc4)cc3-c3ccccc3P2(=O)c2ccccc21. The van der Waals surface area contributed by atoms with Crippen LogP contribution in [0.15, 0.2) is 176 Å². The molecule has 260 valence electrons. The summed E-state index contributed by atoms with van der Waals surface area (Å²) < 4.78 is 18.2. The van der Waals surface area contributed by atoms with Gasteiger partial charge in [-0.3, -0.25) is 19.2 Å². The normalized spacial score (nSPS) is 17.3. The second-order valence-electron chi connectivity index (χ2n) is 14.0. The van der Waals surface area contributed by atoms with Gasteiger partial charge in [0.2, 0.25) is 7.29 Å². The highest BCUT2D eigenvalue weighted by molar-refractivity contribution is 7.81. The van der Waals surface area contributed by atoms with Crippen LogP contribution in [0.3, 0.4) is 0 Å². The first kappa shape index (κ1) is 33.5. The van der Waals surface area contributed by atoms with E-state index in [1.54, 1.807) is 0 Å². The van der Waals surface area contributed by atoms with Crippen molar-refractivity contribution >= 4 is 35.2 Å². The average Bonchev–Trinajstić information content (AvgIpc) is 3.21. The Morgan fingerprint density at radius 3 is 1.70 bits per heavy atom. The van der Waals surface area contributed by atoms with Gasteiger partial charge in [0.05, 0.1) is 11.4 Å². The maximum atomic E-state index is 16.1. The van der Waals surface area contributed by atoms with Crippen LogP contribution in [0.5, 0.6) is 0 Å². The largest absolute Gasteiger partial charge is 0.289 e. The van der Waals surface area contributed by atoms with Gasteiger partial charge in [-0.2, -0.15) is 0 Å². The maximum Gasteiger partial charge on any atom is 0.235 e. The zero-order chi connectivity index (χ0) is 36.8. The number of rotatable bonds is 5. The fraction of sp³-hybridized carbons (Fsp3) is 0.0612. The molecule has 4 heterocycles. The Morgan fingerprint density at radius 2 is 1.09 bits per heavy atom. The summed E-state index contributed by atoms with van der Waals surface area (Å²) in [6.07, 6.45) is 16.0. The summed E-state index contributed by atoms with van der Waals surface area (Å²) in [4.78, 5) is 8.75. The zero-order valence-corrected chi connectivity index (χ0v) is 31.3. The molecule has 0 N–H and O–H groups in total. The van der Waals surface area contributed by atoms with Crippen LogP contribution in [0.2, 0.25) is 0 Å². The van der Waals surface area contributed by atoms with E-state index in [1.807, 2.05) is 49.1 Å². The van der Waals surface area contributed by atoms with Crippen molar-refractivity contribution in [3.63, 3.8) is 0 Å². The van der Waals surface area contributed by atoms with Gasteiger partial charge in [0.15, 0.2) is 0 Å². The fourth-order valence-corrected chi connectivity index (χ4v) is 11.1. The molecule has 1 atom stereocenters. The van der Waals surface area contributed by atoms with Gasteiger partial charge in [0.1, 0.15) is 0 Å². The number of anilines is 1. The number of benzene rings is 5. The lowest BCUT2D eigenvalue weighted by molar-refractivity contribution is 0.586. The number of aryl methyl sites for hydroxylation is 2. The first-order valence-corrected chi connectivity index (χ1v) is 19.9. The second-order valence-corrected chi connectivity index (χ2v) is 16.5. The molecule has 0 amide bonds. The number of pyridine rings is 2. The van der Waals surface area contributed by atoms with Crippen molar-refractivity contribution in [2.24, 2.45) is 0 Å². The topological polar surface area (TPSA) is 46.1 Å². The summed E-state index contributed by atoms with van der Waals surface area (Å²) >= 11 is 0. The Labute approximate surface area is 317 Å². The molecule has 0 spiro atoms. The van der Waals surface area contributed by atoms with Gasteiger partial charge in [-0.05, 0) is 113 Å². The minimum Gasteiger partial charge on any atom is -0.289 e. The summed E-state index contributed by atoms with van der Waals surface area (Å²) in [6.45, 7) is 6.19. The first-order valence-electron chi connectivity index (χ1n) is 18.3. The van der Waals surface area contributed by atoms with Crippen LogP contribution in [-0.4, -0.2) is 9.97 Å². The average molecular weight is 716 g/mol. The van der Waals surface area contributed by atoms with Crippen molar-refractivity contribution in [2.75, 3.05) is 4.67 Å². The molecule has 5 aromatic carbocycles. The van der Waals surface area contributed by atoms with E-state index in [4.69, 9.17) is 0 Å². The summed E-state index contributed by atoms with van der Waals surface area (Å²) in [7, 11) is -3.35. The van der Waals surface area contributed by atoms with Gasteiger partial charge in [0, 0.05) is 57.7 Å². The molecule has 2 aliphatic heterocycles. The van der Waals surface area contributed by atoms with Gasteiger partial charge in [-0.1, -0.05) is 109 Å². The van der Waals surface area contributed by atoms with Crippen LogP contribution in [0, 0.1) is 13.8 Å². The van der Waals surface area contributed by atoms with E-state index in [0.29, 0.717) is 0 Å². The second kappa shape index (κ2) is 13.6. The molecule has 9 rings (SSSR count). The molecule has 0 fully saturated rings. The first-order chi connectivity index (χ1) is 26.4. The van der Waals surface area contributed by atoms with Crippen LogP contribution in [-0.2, 0) is 4.57 Å². The van der Waals surface area contributed by atoms with E-state index in [-0.39, 0.29) is 0 Å². The number of fused-ring (bicyclic) bond motifs is 8. The molecular formula is C49H38N3OP. The van der Waals surface area contributed by atoms with Crippen LogP contribution in [0.4, 0.5) is 5.69 Å². The van der Waals surface area contributed by atoms with Crippen molar-refractivity contribution in [1.29, 1.82) is 0 Å². The van der Waals surface area contributed by atoms with Crippen molar-refractivity contribution in [1.82, 2.24) is 9.97 Å². The molecule has 54 heavy (non-hydrogen) atoms. The standard InChI is InChI=1S/C49H38N3OP/c1-4-42-43-11-5-7-14-48(43)54(53)49-15-8-6-12-44(49)45-28-39(36-20-22-38(23-21-36)41-27-34(3)30-51-32-41)24-25-47(45)52(54)46(42)13-9-10-35-16-18-37(19-17-35)40-26-33(2)29-50-31-40/h4-32H,1-3H3/b10-9+,42-4-,46-13+. The Hall–Kier alpha value is -6.35. The number of hydrogen-bond acceptors (Lipinski definition) is 3. The molecule has 0 saturated heterocycles. The smallest absolute Gasteiger partial charge is 0.235 e. The van der Waals surface area contributed by atoms with Crippen molar-refractivity contribution in [3.8, 4) is 44.5 Å². The van der Waals surface area contributed by atoms with E-state index >= 15 is 4.57 Å². The predicted molar refractivity (Wildman–Crippen MR) is 226 cm³/mol. The fourth-order valence-electron chi connectivity index (χ4n) is 7.86. The van der Waals surface area contributed by atoms with Crippen molar-refractivity contribution in [3.05, 3.63) is 198 Å². The quantitative estimate of drug-likeness (QED) is 0.166. The Bertz CT molecular complexity index is 2720. The van der Waals surface area contributed by atoms with Crippen LogP contribution >= 0.6 is 7.29 Å². The highest BCUT2D eigenvalue weighted by atomic mass is 31.2. The predicted octanol–water partition coefficient (Wildman–Crippen LogP) is 11.8. The lowest BCUT2D eigenvalue weighted by Gasteiger charge is -2.45. The van der Waals surface area contributed by atoms with E-state index in [1.165, 1.54) is 0 Å². The summed E-state index contributed by atoms with van der Waals surface area (Å²) in [6, 6.07) is 44.5. The van der Waals surface area contributed by atoms with E-state index < -0.39 is 7.29 Å². The molecule has 2 aliphatic rings. The van der Waals surface area contributed by atoms with E-state index in [2.05, 4.69) is 163 Å². The number of nitrogens with zero attached hydrogens (tertiary/aromatic N) is 3. The Kier molecular flexibility index (Phi) is 8.41. The molecule has 2 aromatic heterocycles. The van der Waals surface area contributed by atoms with Gasteiger partial charge >= 0.3 is 0 Å². The highest BCUT2D eigenvalue weighted by Crippen LogP contribution is 2.64. The van der Waals surface area contributed by atoms with E-state index in [0.717, 1.165) is 94.3 Å².